The molecule has 10 rings (SSSR count). The lowest BCUT2D eigenvalue weighted by atomic mass is 9.89. The average molecular weight is 534 g/mol. The highest BCUT2D eigenvalue weighted by atomic mass is 16.3. The van der Waals surface area contributed by atoms with Crippen LogP contribution in [0.4, 0.5) is 0 Å². The minimum absolute atomic E-state index is 0.909. The standard InChI is InChI=1S/C40H23NO/c1-2-11-25(12-3-1)41-34-17-9-8-15-28(34)32-22-33-37(23-35(32)41)42-36-21-20-30-27-14-6-7-16-29(27)38-26-13-5-4-10-24(26)18-19-31(38)39(30)40(33)36/h1-23H. The molecule has 10 aromatic rings. The predicted octanol–water partition coefficient (Wildman–Crippen LogP) is 11.3. The molecule has 8 aromatic carbocycles. The van der Waals surface area contributed by atoms with Gasteiger partial charge in [0.15, 0.2) is 0 Å². The van der Waals surface area contributed by atoms with Crippen molar-refractivity contribution >= 4 is 86.8 Å². The molecule has 2 heterocycles. The number of furan rings is 1. The summed E-state index contributed by atoms with van der Waals surface area (Å²) in [6.45, 7) is 0. The van der Waals surface area contributed by atoms with Crippen molar-refractivity contribution in [3.63, 3.8) is 0 Å². The lowest BCUT2D eigenvalue weighted by molar-refractivity contribution is 0.669. The number of fused-ring (bicyclic) bond motifs is 15. The van der Waals surface area contributed by atoms with Crippen LogP contribution in [0.2, 0.25) is 0 Å². The van der Waals surface area contributed by atoms with E-state index in [1.54, 1.807) is 0 Å². The van der Waals surface area contributed by atoms with Crippen molar-refractivity contribution in [1.82, 2.24) is 4.57 Å². The van der Waals surface area contributed by atoms with Crippen LogP contribution in [-0.4, -0.2) is 4.57 Å². The van der Waals surface area contributed by atoms with Crippen LogP contribution in [0.3, 0.4) is 0 Å². The first-order valence-electron chi connectivity index (χ1n) is 14.4. The number of nitrogens with zero attached hydrogens (tertiary/aromatic N) is 1. The van der Waals surface area contributed by atoms with Crippen molar-refractivity contribution in [2.24, 2.45) is 0 Å². The SMILES string of the molecule is c1ccc(-n2c3ccccc3c3cc4c(cc32)oc2ccc3c5ccccc5c5c6ccccc6ccc5c3c24)cc1. The largest absolute Gasteiger partial charge is 0.456 e. The first-order chi connectivity index (χ1) is 20.8. The number of para-hydroxylation sites is 2. The molecule has 0 unspecified atom stereocenters. The molecule has 2 heteroatoms. The van der Waals surface area contributed by atoms with E-state index in [1.165, 1.54) is 64.8 Å². The molecule has 0 saturated heterocycles. The molecule has 0 N–H and O–H groups in total. The quantitative estimate of drug-likeness (QED) is 0.192. The summed E-state index contributed by atoms with van der Waals surface area (Å²) < 4.78 is 9.04. The molecular formula is C40H23NO. The maximum atomic E-state index is 6.69. The molecule has 0 saturated carbocycles. The van der Waals surface area contributed by atoms with Gasteiger partial charge in [0.2, 0.25) is 0 Å². The van der Waals surface area contributed by atoms with Crippen molar-refractivity contribution in [2.45, 2.75) is 0 Å². The Morgan fingerprint density at radius 3 is 1.93 bits per heavy atom. The van der Waals surface area contributed by atoms with Gasteiger partial charge in [-0.1, -0.05) is 97.1 Å². The van der Waals surface area contributed by atoms with E-state index in [2.05, 4.69) is 144 Å². The summed E-state index contributed by atoms with van der Waals surface area (Å²) in [7, 11) is 0. The number of rotatable bonds is 1. The Morgan fingerprint density at radius 1 is 0.357 bits per heavy atom. The van der Waals surface area contributed by atoms with Crippen LogP contribution in [0, 0.1) is 0 Å². The number of benzene rings is 8. The van der Waals surface area contributed by atoms with Gasteiger partial charge in [-0.25, -0.2) is 0 Å². The molecule has 0 radical (unpaired) electrons. The number of hydrogen-bond acceptors (Lipinski definition) is 1. The highest BCUT2D eigenvalue weighted by molar-refractivity contribution is 6.38. The van der Waals surface area contributed by atoms with E-state index in [4.69, 9.17) is 4.42 Å². The Bertz CT molecular complexity index is 2730. The summed E-state index contributed by atoms with van der Waals surface area (Å²) >= 11 is 0. The fourth-order valence-electron chi connectivity index (χ4n) is 7.40. The molecule has 0 aliphatic rings. The van der Waals surface area contributed by atoms with Crippen LogP contribution < -0.4 is 0 Å². The Morgan fingerprint density at radius 2 is 1.05 bits per heavy atom. The highest BCUT2D eigenvalue weighted by Gasteiger charge is 2.20. The Labute approximate surface area is 240 Å². The monoisotopic (exact) mass is 533 g/mol. The molecule has 2 aromatic heterocycles. The molecule has 0 amide bonds. The summed E-state index contributed by atoms with van der Waals surface area (Å²) in [4.78, 5) is 0. The Balaban J connectivity index is 1.44. The zero-order valence-corrected chi connectivity index (χ0v) is 22.6. The first-order valence-corrected chi connectivity index (χ1v) is 14.4. The van der Waals surface area contributed by atoms with Crippen molar-refractivity contribution in [3.8, 4) is 5.69 Å². The molecule has 0 bridgehead atoms. The molecule has 0 atom stereocenters. The normalized spacial score (nSPS) is 12.3. The second-order valence-electron chi connectivity index (χ2n) is 11.3. The van der Waals surface area contributed by atoms with Crippen molar-refractivity contribution in [1.29, 1.82) is 0 Å². The van der Waals surface area contributed by atoms with Crippen molar-refractivity contribution < 1.29 is 4.42 Å². The molecule has 0 spiro atoms. The number of hydrogen-bond donors (Lipinski definition) is 0. The third-order valence-corrected chi connectivity index (χ3v) is 9.13. The summed E-state index contributed by atoms with van der Waals surface area (Å²) in [6, 6.07) is 50.4. The molecule has 0 fully saturated rings. The van der Waals surface area contributed by atoms with Crippen LogP contribution in [0.1, 0.15) is 0 Å². The van der Waals surface area contributed by atoms with Gasteiger partial charge in [0.1, 0.15) is 11.2 Å². The molecule has 0 aliphatic heterocycles. The van der Waals surface area contributed by atoms with Gasteiger partial charge in [0.25, 0.3) is 0 Å². The maximum absolute atomic E-state index is 6.69. The molecule has 194 valence electrons. The lowest BCUT2D eigenvalue weighted by Gasteiger charge is -2.13. The van der Waals surface area contributed by atoms with Gasteiger partial charge in [-0.05, 0) is 74.1 Å². The fraction of sp³-hybridized carbons (Fsp3) is 0. The average Bonchev–Trinajstić information content (AvgIpc) is 3.58. The topological polar surface area (TPSA) is 18.1 Å². The zero-order valence-electron chi connectivity index (χ0n) is 22.6. The fourth-order valence-corrected chi connectivity index (χ4v) is 7.40. The van der Waals surface area contributed by atoms with Gasteiger partial charge in [0, 0.05) is 38.7 Å². The van der Waals surface area contributed by atoms with Crippen LogP contribution >= 0.6 is 0 Å². The third-order valence-electron chi connectivity index (χ3n) is 9.13. The van der Waals surface area contributed by atoms with Crippen LogP contribution in [0.15, 0.2) is 144 Å². The minimum Gasteiger partial charge on any atom is -0.456 e. The van der Waals surface area contributed by atoms with Gasteiger partial charge in [-0.3, -0.25) is 0 Å². The van der Waals surface area contributed by atoms with E-state index in [-0.39, 0.29) is 0 Å². The summed E-state index contributed by atoms with van der Waals surface area (Å²) in [5.74, 6) is 0. The lowest BCUT2D eigenvalue weighted by Crippen LogP contribution is -1.92. The molecule has 42 heavy (non-hydrogen) atoms. The van der Waals surface area contributed by atoms with Gasteiger partial charge >= 0.3 is 0 Å². The van der Waals surface area contributed by atoms with Crippen molar-refractivity contribution in [3.05, 3.63) is 140 Å². The molecule has 0 aliphatic carbocycles. The smallest absolute Gasteiger partial charge is 0.137 e. The highest BCUT2D eigenvalue weighted by Crippen LogP contribution is 2.45. The van der Waals surface area contributed by atoms with Crippen LogP contribution in [0.25, 0.3) is 92.5 Å². The Kier molecular flexibility index (Phi) is 4.21. The van der Waals surface area contributed by atoms with Gasteiger partial charge in [-0.15, -0.1) is 0 Å². The van der Waals surface area contributed by atoms with Gasteiger partial charge in [-0.2, -0.15) is 0 Å². The van der Waals surface area contributed by atoms with E-state index in [1.807, 2.05) is 0 Å². The van der Waals surface area contributed by atoms with E-state index in [0.717, 1.165) is 27.8 Å². The van der Waals surface area contributed by atoms with E-state index < -0.39 is 0 Å². The second-order valence-corrected chi connectivity index (χ2v) is 11.3. The molecular weight excluding hydrogens is 510 g/mol. The van der Waals surface area contributed by atoms with E-state index >= 15 is 0 Å². The summed E-state index contributed by atoms with van der Waals surface area (Å²) in [5, 5.41) is 15.0. The van der Waals surface area contributed by atoms with Crippen molar-refractivity contribution in [2.75, 3.05) is 0 Å². The maximum Gasteiger partial charge on any atom is 0.137 e. The van der Waals surface area contributed by atoms with Crippen LogP contribution in [0.5, 0.6) is 0 Å². The van der Waals surface area contributed by atoms with Crippen LogP contribution in [-0.2, 0) is 0 Å². The predicted molar refractivity (Wildman–Crippen MR) is 178 cm³/mol. The first kappa shape index (κ1) is 22.1. The zero-order chi connectivity index (χ0) is 27.4. The van der Waals surface area contributed by atoms with E-state index in [0.29, 0.717) is 0 Å². The van der Waals surface area contributed by atoms with Gasteiger partial charge in [0.05, 0.1) is 11.0 Å². The summed E-state index contributed by atoms with van der Waals surface area (Å²) in [6.07, 6.45) is 0. The number of aromatic nitrogens is 1. The third kappa shape index (κ3) is 2.78. The molecule has 2 nitrogen and oxygen atoms in total. The minimum atomic E-state index is 0.909. The summed E-state index contributed by atoms with van der Waals surface area (Å²) in [5.41, 5.74) is 5.33. The van der Waals surface area contributed by atoms with E-state index in [9.17, 15) is 0 Å². The Hall–Kier alpha value is -5.60. The van der Waals surface area contributed by atoms with Gasteiger partial charge < -0.3 is 8.98 Å². The second kappa shape index (κ2) is 7.99.